The van der Waals surface area contributed by atoms with Crippen molar-refractivity contribution in [3.05, 3.63) is 54.9 Å². The zero-order chi connectivity index (χ0) is 15.9. The molecule has 0 saturated heterocycles. The molecule has 5 rings (SSSR count). The normalized spacial score (nSPS) is 14.3. The Hall–Kier alpha value is -2.88. The van der Waals surface area contributed by atoms with E-state index in [2.05, 4.69) is 45.3 Å². The first kappa shape index (κ1) is 13.5. The molecular weight excluding hydrogens is 298 g/mol. The number of benzene rings is 1. The van der Waals surface area contributed by atoms with Gasteiger partial charge in [0.25, 0.3) is 0 Å². The summed E-state index contributed by atoms with van der Waals surface area (Å²) in [5.74, 6) is 1.43. The van der Waals surface area contributed by atoms with Crippen LogP contribution in [0.1, 0.15) is 12.8 Å². The quantitative estimate of drug-likeness (QED) is 0.600. The number of pyridine rings is 2. The molecule has 4 heteroatoms. The van der Waals surface area contributed by atoms with E-state index in [0.29, 0.717) is 5.88 Å². The molecular formula is C20H17N3O. The van der Waals surface area contributed by atoms with E-state index in [4.69, 9.17) is 4.74 Å². The van der Waals surface area contributed by atoms with Crippen LogP contribution in [-0.4, -0.2) is 21.6 Å². The van der Waals surface area contributed by atoms with Gasteiger partial charge in [-0.15, -0.1) is 0 Å². The number of fused-ring (bicyclic) bond motifs is 2. The standard InChI is InChI=1S/C20H17N3O/c1-2-15-10-14(5-7-18(15)21-9-1)17-11-22-20-16(17)6-8-19(23-20)24-12-13-3-4-13/h1-2,5-11,13H,3-4,12H2,(H,22,23). The lowest BCUT2D eigenvalue weighted by atomic mass is 10.0. The maximum absolute atomic E-state index is 5.77. The van der Waals surface area contributed by atoms with Gasteiger partial charge in [0, 0.05) is 34.8 Å². The van der Waals surface area contributed by atoms with Crippen molar-refractivity contribution < 1.29 is 4.74 Å². The number of hydrogen-bond donors (Lipinski definition) is 1. The Morgan fingerprint density at radius 2 is 2.08 bits per heavy atom. The second-order valence-electron chi connectivity index (χ2n) is 6.41. The minimum atomic E-state index is 0.700. The van der Waals surface area contributed by atoms with Crippen molar-refractivity contribution in [2.75, 3.05) is 6.61 Å². The maximum atomic E-state index is 5.77. The molecule has 4 aromatic rings. The van der Waals surface area contributed by atoms with Gasteiger partial charge in [0.15, 0.2) is 0 Å². The van der Waals surface area contributed by atoms with Crippen LogP contribution in [0.2, 0.25) is 0 Å². The molecule has 1 fully saturated rings. The van der Waals surface area contributed by atoms with Gasteiger partial charge in [-0.05, 0) is 48.6 Å². The summed E-state index contributed by atoms with van der Waals surface area (Å²) in [6.07, 6.45) is 6.40. The third-order valence-corrected chi connectivity index (χ3v) is 4.59. The first-order valence-corrected chi connectivity index (χ1v) is 8.33. The van der Waals surface area contributed by atoms with Crippen molar-refractivity contribution in [3.8, 4) is 17.0 Å². The first-order valence-electron chi connectivity index (χ1n) is 8.33. The molecule has 4 nitrogen and oxygen atoms in total. The topological polar surface area (TPSA) is 50.8 Å². The van der Waals surface area contributed by atoms with Crippen LogP contribution >= 0.6 is 0 Å². The molecule has 1 aromatic carbocycles. The molecule has 24 heavy (non-hydrogen) atoms. The van der Waals surface area contributed by atoms with Crippen LogP contribution in [0.5, 0.6) is 5.88 Å². The number of nitrogens with zero attached hydrogens (tertiary/aromatic N) is 2. The van der Waals surface area contributed by atoms with Gasteiger partial charge in [-0.25, -0.2) is 0 Å². The van der Waals surface area contributed by atoms with Gasteiger partial charge >= 0.3 is 0 Å². The van der Waals surface area contributed by atoms with Crippen LogP contribution in [0.25, 0.3) is 33.1 Å². The molecule has 3 aromatic heterocycles. The van der Waals surface area contributed by atoms with Crippen molar-refractivity contribution in [3.63, 3.8) is 0 Å². The summed E-state index contributed by atoms with van der Waals surface area (Å²) in [5, 5.41) is 2.25. The lowest BCUT2D eigenvalue weighted by Gasteiger charge is -2.05. The van der Waals surface area contributed by atoms with E-state index in [-0.39, 0.29) is 0 Å². The summed E-state index contributed by atoms with van der Waals surface area (Å²) in [6, 6.07) is 14.4. The van der Waals surface area contributed by atoms with Crippen molar-refractivity contribution in [2.24, 2.45) is 5.92 Å². The molecule has 3 heterocycles. The number of aromatic amines is 1. The van der Waals surface area contributed by atoms with Gasteiger partial charge in [0.05, 0.1) is 12.1 Å². The molecule has 0 spiro atoms. The Kier molecular flexibility index (Phi) is 3.01. The van der Waals surface area contributed by atoms with E-state index in [9.17, 15) is 0 Å². The van der Waals surface area contributed by atoms with E-state index < -0.39 is 0 Å². The Balaban J connectivity index is 1.53. The molecule has 0 atom stereocenters. The van der Waals surface area contributed by atoms with Gasteiger partial charge in [0.2, 0.25) is 5.88 Å². The lowest BCUT2D eigenvalue weighted by molar-refractivity contribution is 0.289. The first-order chi connectivity index (χ1) is 11.9. The largest absolute Gasteiger partial charge is 0.477 e. The van der Waals surface area contributed by atoms with Crippen molar-refractivity contribution >= 4 is 21.9 Å². The van der Waals surface area contributed by atoms with Crippen LogP contribution in [0, 0.1) is 5.92 Å². The van der Waals surface area contributed by atoms with Crippen LogP contribution in [0.4, 0.5) is 0 Å². The van der Waals surface area contributed by atoms with Crippen LogP contribution < -0.4 is 4.74 Å². The number of H-pyrrole nitrogens is 1. The Morgan fingerprint density at radius 3 is 3.00 bits per heavy atom. The zero-order valence-corrected chi connectivity index (χ0v) is 13.2. The molecule has 0 unspecified atom stereocenters. The molecule has 0 aliphatic heterocycles. The number of nitrogens with one attached hydrogen (secondary N) is 1. The van der Waals surface area contributed by atoms with E-state index in [0.717, 1.165) is 45.6 Å². The second kappa shape index (κ2) is 5.34. The summed E-state index contributed by atoms with van der Waals surface area (Å²) >= 11 is 0. The molecule has 1 aliphatic rings. The molecule has 1 N–H and O–H groups in total. The predicted octanol–water partition coefficient (Wildman–Crippen LogP) is 4.57. The average molecular weight is 315 g/mol. The third-order valence-electron chi connectivity index (χ3n) is 4.59. The number of rotatable bonds is 4. The van der Waals surface area contributed by atoms with E-state index in [1.165, 1.54) is 12.8 Å². The van der Waals surface area contributed by atoms with Crippen LogP contribution in [-0.2, 0) is 0 Å². The molecule has 0 amide bonds. The van der Waals surface area contributed by atoms with Gasteiger partial charge < -0.3 is 9.72 Å². The maximum Gasteiger partial charge on any atom is 0.215 e. The van der Waals surface area contributed by atoms with E-state index >= 15 is 0 Å². The third kappa shape index (κ3) is 2.40. The monoisotopic (exact) mass is 315 g/mol. The van der Waals surface area contributed by atoms with E-state index in [1.807, 2.05) is 24.5 Å². The zero-order valence-electron chi connectivity index (χ0n) is 13.2. The number of ether oxygens (including phenoxy) is 1. The van der Waals surface area contributed by atoms with Crippen LogP contribution in [0.15, 0.2) is 54.9 Å². The van der Waals surface area contributed by atoms with Gasteiger partial charge in [-0.1, -0.05) is 12.1 Å². The fourth-order valence-corrected chi connectivity index (χ4v) is 3.04. The molecule has 1 saturated carbocycles. The second-order valence-corrected chi connectivity index (χ2v) is 6.41. The summed E-state index contributed by atoms with van der Waals surface area (Å²) in [4.78, 5) is 12.2. The highest BCUT2D eigenvalue weighted by atomic mass is 16.5. The summed E-state index contributed by atoms with van der Waals surface area (Å²) in [7, 11) is 0. The van der Waals surface area contributed by atoms with Crippen molar-refractivity contribution in [2.45, 2.75) is 12.8 Å². The Morgan fingerprint density at radius 1 is 1.12 bits per heavy atom. The van der Waals surface area contributed by atoms with Crippen molar-refractivity contribution in [1.29, 1.82) is 0 Å². The fourth-order valence-electron chi connectivity index (χ4n) is 3.04. The summed E-state index contributed by atoms with van der Waals surface area (Å²) in [6.45, 7) is 0.781. The minimum Gasteiger partial charge on any atom is -0.477 e. The van der Waals surface area contributed by atoms with E-state index in [1.54, 1.807) is 0 Å². The highest BCUT2D eigenvalue weighted by Crippen LogP contribution is 2.32. The molecule has 118 valence electrons. The highest BCUT2D eigenvalue weighted by Gasteiger charge is 2.22. The number of hydrogen-bond acceptors (Lipinski definition) is 3. The van der Waals surface area contributed by atoms with Crippen LogP contribution in [0.3, 0.4) is 0 Å². The van der Waals surface area contributed by atoms with Crippen molar-refractivity contribution in [1.82, 2.24) is 15.0 Å². The Bertz CT molecular complexity index is 1030. The average Bonchev–Trinajstić information content (AvgIpc) is 3.37. The minimum absolute atomic E-state index is 0.700. The molecule has 0 bridgehead atoms. The molecule has 0 radical (unpaired) electrons. The van der Waals surface area contributed by atoms with Gasteiger partial charge in [-0.3, -0.25) is 4.98 Å². The predicted molar refractivity (Wildman–Crippen MR) is 95.0 cm³/mol. The van der Waals surface area contributed by atoms with Gasteiger partial charge in [-0.2, -0.15) is 4.98 Å². The fraction of sp³-hybridized carbons (Fsp3) is 0.200. The lowest BCUT2D eigenvalue weighted by Crippen LogP contribution is -2.00. The summed E-state index contributed by atoms with van der Waals surface area (Å²) < 4.78 is 5.77. The smallest absolute Gasteiger partial charge is 0.215 e. The number of aromatic nitrogens is 3. The Labute approximate surface area is 139 Å². The molecule has 1 aliphatic carbocycles. The highest BCUT2D eigenvalue weighted by molar-refractivity contribution is 5.96. The summed E-state index contributed by atoms with van der Waals surface area (Å²) in [5.41, 5.74) is 4.19. The SMILES string of the molecule is c1cnc2ccc(-c3c[nH]c4nc(OCC5CC5)ccc34)cc2c1. The van der Waals surface area contributed by atoms with Gasteiger partial charge in [0.1, 0.15) is 5.65 Å².